The lowest BCUT2D eigenvalue weighted by atomic mass is 10.3. The average molecular weight is 284 g/mol. The van der Waals surface area contributed by atoms with Gasteiger partial charge in [0.15, 0.2) is 4.47 Å². The molecular weight excluding hydrogens is 270 g/mol. The highest BCUT2D eigenvalue weighted by molar-refractivity contribution is 7.15. The molecule has 0 aliphatic heterocycles. The molecule has 1 aromatic carbocycles. The Morgan fingerprint density at radius 3 is 2.39 bits per heavy atom. The van der Waals surface area contributed by atoms with E-state index in [1.165, 1.54) is 11.3 Å². The highest BCUT2D eigenvalue weighted by Gasteiger charge is 2.01. The number of ether oxygens (including phenoxy) is 2. The van der Waals surface area contributed by atoms with Crippen molar-refractivity contribution >= 4 is 22.9 Å². The predicted molar refractivity (Wildman–Crippen MR) is 73.7 cm³/mol. The minimum atomic E-state index is 0.486. The third-order valence-corrected chi connectivity index (χ3v) is 3.29. The zero-order valence-electron chi connectivity index (χ0n) is 10.1. The van der Waals surface area contributed by atoms with E-state index in [2.05, 4.69) is 11.9 Å². The molecule has 0 spiro atoms. The van der Waals surface area contributed by atoms with Gasteiger partial charge in [0.05, 0.1) is 11.5 Å². The minimum Gasteiger partial charge on any atom is -0.494 e. The molecule has 18 heavy (non-hydrogen) atoms. The molecular formula is C13H14ClNO2S. The number of hydrogen-bond acceptors (Lipinski definition) is 4. The zero-order chi connectivity index (χ0) is 12.8. The van der Waals surface area contributed by atoms with E-state index in [4.69, 9.17) is 21.1 Å². The second-order valence-electron chi connectivity index (χ2n) is 3.69. The van der Waals surface area contributed by atoms with Crippen LogP contribution in [0, 0.1) is 0 Å². The summed E-state index contributed by atoms with van der Waals surface area (Å²) in [5.74, 6) is 1.67. The molecule has 0 fully saturated rings. The molecule has 0 saturated heterocycles. The van der Waals surface area contributed by atoms with Crippen LogP contribution in [0.25, 0.3) is 0 Å². The predicted octanol–water partition coefficient (Wildman–Crippen LogP) is 4.16. The zero-order valence-corrected chi connectivity index (χ0v) is 11.6. The smallest absolute Gasteiger partial charge is 0.183 e. The van der Waals surface area contributed by atoms with Crippen LogP contribution in [0.15, 0.2) is 30.5 Å². The van der Waals surface area contributed by atoms with Crippen molar-refractivity contribution in [2.45, 2.75) is 20.0 Å². The van der Waals surface area contributed by atoms with Crippen molar-refractivity contribution in [3.8, 4) is 11.5 Å². The molecule has 0 amide bonds. The molecule has 0 radical (unpaired) electrons. The summed E-state index contributed by atoms with van der Waals surface area (Å²) >= 11 is 7.17. The molecule has 3 nitrogen and oxygen atoms in total. The Morgan fingerprint density at radius 1 is 1.17 bits per heavy atom. The van der Waals surface area contributed by atoms with Gasteiger partial charge in [-0.3, -0.25) is 0 Å². The van der Waals surface area contributed by atoms with Gasteiger partial charge in [0.25, 0.3) is 0 Å². The largest absolute Gasteiger partial charge is 0.494 e. The van der Waals surface area contributed by atoms with Gasteiger partial charge in [0, 0.05) is 6.20 Å². The molecule has 0 aliphatic rings. The summed E-state index contributed by atoms with van der Waals surface area (Å²) in [7, 11) is 0. The van der Waals surface area contributed by atoms with Crippen LogP contribution in [0.3, 0.4) is 0 Å². The maximum atomic E-state index is 5.75. The maximum absolute atomic E-state index is 5.75. The van der Waals surface area contributed by atoms with Gasteiger partial charge < -0.3 is 9.47 Å². The third-order valence-electron chi connectivity index (χ3n) is 2.20. The van der Waals surface area contributed by atoms with Crippen molar-refractivity contribution in [1.29, 1.82) is 0 Å². The second kappa shape index (κ2) is 6.61. The Morgan fingerprint density at radius 2 is 1.83 bits per heavy atom. The average Bonchev–Trinajstić information content (AvgIpc) is 2.81. The first-order valence-corrected chi connectivity index (χ1v) is 6.93. The highest BCUT2D eigenvalue weighted by atomic mass is 35.5. The molecule has 1 aromatic heterocycles. The SMILES string of the molecule is CCCOc1ccc(OCc2cnc(Cl)s2)cc1. The Balaban J connectivity index is 1.86. The fourth-order valence-corrected chi connectivity index (χ4v) is 2.25. The Labute approximate surface area is 115 Å². The number of aromatic nitrogens is 1. The lowest BCUT2D eigenvalue weighted by molar-refractivity contribution is 0.304. The quantitative estimate of drug-likeness (QED) is 0.797. The summed E-state index contributed by atoms with van der Waals surface area (Å²) in [4.78, 5) is 4.97. The van der Waals surface area contributed by atoms with E-state index in [9.17, 15) is 0 Å². The number of halogens is 1. The molecule has 5 heteroatoms. The molecule has 0 aliphatic carbocycles. The van der Waals surface area contributed by atoms with Crippen molar-refractivity contribution in [2.75, 3.05) is 6.61 Å². The molecule has 96 valence electrons. The summed E-state index contributed by atoms with van der Waals surface area (Å²) in [5.41, 5.74) is 0. The molecule has 2 rings (SSSR count). The van der Waals surface area contributed by atoms with Crippen molar-refractivity contribution in [3.63, 3.8) is 0 Å². The van der Waals surface area contributed by atoms with Gasteiger partial charge in [-0.1, -0.05) is 18.5 Å². The number of nitrogens with zero attached hydrogens (tertiary/aromatic N) is 1. The number of thiazole rings is 1. The van der Waals surface area contributed by atoms with Crippen LogP contribution >= 0.6 is 22.9 Å². The van der Waals surface area contributed by atoms with Crippen LogP contribution in [-0.2, 0) is 6.61 Å². The van der Waals surface area contributed by atoms with E-state index in [1.807, 2.05) is 24.3 Å². The van der Waals surface area contributed by atoms with Gasteiger partial charge >= 0.3 is 0 Å². The van der Waals surface area contributed by atoms with Crippen LogP contribution in [-0.4, -0.2) is 11.6 Å². The van der Waals surface area contributed by atoms with E-state index < -0.39 is 0 Å². The third kappa shape index (κ3) is 3.89. The number of hydrogen-bond donors (Lipinski definition) is 0. The molecule has 0 N–H and O–H groups in total. The van der Waals surface area contributed by atoms with Crippen molar-refractivity contribution in [2.24, 2.45) is 0 Å². The summed E-state index contributed by atoms with van der Waals surface area (Å²) in [6, 6.07) is 7.61. The second-order valence-corrected chi connectivity index (χ2v) is 5.39. The summed E-state index contributed by atoms with van der Waals surface area (Å²) in [6.07, 6.45) is 2.73. The van der Waals surface area contributed by atoms with E-state index >= 15 is 0 Å². The van der Waals surface area contributed by atoms with Crippen molar-refractivity contribution in [3.05, 3.63) is 39.8 Å². The summed E-state index contributed by atoms with van der Waals surface area (Å²) < 4.78 is 11.7. The highest BCUT2D eigenvalue weighted by Crippen LogP contribution is 2.22. The number of benzene rings is 1. The molecule has 0 bridgehead atoms. The summed E-state index contributed by atoms with van der Waals surface area (Å²) in [6.45, 7) is 3.30. The monoisotopic (exact) mass is 283 g/mol. The van der Waals surface area contributed by atoms with E-state index in [0.29, 0.717) is 11.1 Å². The topological polar surface area (TPSA) is 31.4 Å². The Kier molecular flexibility index (Phi) is 4.84. The fraction of sp³-hybridized carbons (Fsp3) is 0.308. The normalized spacial score (nSPS) is 10.3. The number of rotatable bonds is 6. The van der Waals surface area contributed by atoms with Gasteiger partial charge in [0.2, 0.25) is 0 Å². The standard InChI is InChI=1S/C13H14ClNO2S/c1-2-7-16-10-3-5-11(6-4-10)17-9-12-8-15-13(14)18-12/h3-6,8H,2,7,9H2,1H3. The minimum absolute atomic E-state index is 0.486. The van der Waals surface area contributed by atoms with Gasteiger partial charge in [-0.05, 0) is 30.7 Å². The molecule has 0 atom stereocenters. The van der Waals surface area contributed by atoms with Crippen LogP contribution in [0.5, 0.6) is 11.5 Å². The van der Waals surface area contributed by atoms with E-state index in [0.717, 1.165) is 29.4 Å². The van der Waals surface area contributed by atoms with E-state index in [1.54, 1.807) is 6.20 Å². The molecule has 0 unspecified atom stereocenters. The van der Waals surface area contributed by atoms with E-state index in [-0.39, 0.29) is 0 Å². The summed E-state index contributed by atoms with van der Waals surface area (Å²) in [5, 5.41) is 0. The first-order chi connectivity index (χ1) is 8.78. The first kappa shape index (κ1) is 13.2. The first-order valence-electron chi connectivity index (χ1n) is 5.74. The molecule has 2 aromatic rings. The van der Waals surface area contributed by atoms with Crippen LogP contribution in [0.1, 0.15) is 18.2 Å². The van der Waals surface area contributed by atoms with Crippen LogP contribution < -0.4 is 9.47 Å². The molecule has 0 saturated carbocycles. The fourth-order valence-electron chi connectivity index (χ4n) is 1.36. The van der Waals surface area contributed by atoms with Gasteiger partial charge in [-0.25, -0.2) is 4.98 Å². The molecule has 1 heterocycles. The van der Waals surface area contributed by atoms with Gasteiger partial charge in [-0.15, -0.1) is 11.3 Å². The Hall–Kier alpha value is -1.26. The van der Waals surface area contributed by atoms with Crippen molar-refractivity contribution in [1.82, 2.24) is 4.98 Å². The van der Waals surface area contributed by atoms with Crippen LogP contribution in [0.2, 0.25) is 4.47 Å². The van der Waals surface area contributed by atoms with Gasteiger partial charge in [0.1, 0.15) is 18.1 Å². The van der Waals surface area contributed by atoms with Crippen LogP contribution in [0.4, 0.5) is 0 Å². The van der Waals surface area contributed by atoms with Gasteiger partial charge in [-0.2, -0.15) is 0 Å². The lowest BCUT2D eigenvalue weighted by Gasteiger charge is -2.07. The lowest BCUT2D eigenvalue weighted by Crippen LogP contribution is -1.95. The van der Waals surface area contributed by atoms with Crippen molar-refractivity contribution < 1.29 is 9.47 Å². The Bertz CT molecular complexity index is 484. The maximum Gasteiger partial charge on any atom is 0.183 e.